The SMILES string of the molecule is CCCCCCOc1ccc(C(=O)Nc2cccc(C(=O)N(CCC)CCC)c2)cc1Br. The number of benzene rings is 2. The quantitative estimate of drug-likeness (QED) is 0.302. The highest BCUT2D eigenvalue weighted by Crippen LogP contribution is 2.27. The number of nitrogens with one attached hydrogen (secondary N) is 1. The van der Waals surface area contributed by atoms with E-state index in [0.717, 1.165) is 49.0 Å². The summed E-state index contributed by atoms with van der Waals surface area (Å²) in [7, 11) is 0. The molecule has 0 bridgehead atoms. The number of anilines is 1. The second-order valence-electron chi connectivity index (χ2n) is 7.88. The maximum absolute atomic E-state index is 12.9. The minimum atomic E-state index is -0.233. The number of hydrogen-bond donors (Lipinski definition) is 1. The first-order chi connectivity index (χ1) is 15.5. The van der Waals surface area contributed by atoms with Gasteiger partial charge in [0, 0.05) is 29.9 Å². The van der Waals surface area contributed by atoms with Crippen LogP contribution in [0.15, 0.2) is 46.9 Å². The molecule has 0 unspecified atom stereocenters. The standard InChI is InChI=1S/C26H35BrN2O3/c1-4-7-8-9-17-32-24-14-13-20(19-23(24)27)25(30)28-22-12-10-11-21(18-22)26(31)29(15-5-2)16-6-3/h10-14,18-19H,4-9,15-17H2,1-3H3,(H,28,30). The van der Waals surface area contributed by atoms with Crippen LogP contribution in [0, 0.1) is 0 Å². The summed E-state index contributed by atoms with van der Waals surface area (Å²) in [6, 6.07) is 12.4. The summed E-state index contributed by atoms with van der Waals surface area (Å²) < 4.78 is 6.57. The van der Waals surface area contributed by atoms with E-state index in [4.69, 9.17) is 4.74 Å². The maximum Gasteiger partial charge on any atom is 0.255 e. The Morgan fingerprint density at radius 1 is 0.906 bits per heavy atom. The molecule has 2 rings (SSSR count). The predicted octanol–water partition coefficient (Wildman–Crippen LogP) is 6.92. The van der Waals surface area contributed by atoms with Gasteiger partial charge in [-0.25, -0.2) is 0 Å². The predicted molar refractivity (Wildman–Crippen MR) is 135 cm³/mol. The summed E-state index contributed by atoms with van der Waals surface area (Å²) in [5, 5.41) is 2.90. The molecule has 174 valence electrons. The van der Waals surface area contributed by atoms with E-state index in [1.165, 1.54) is 12.8 Å². The Hall–Kier alpha value is -2.34. The second kappa shape index (κ2) is 13.9. The minimum absolute atomic E-state index is 0.00650. The van der Waals surface area contributed by atoms with Gasteiger partial charge in [-0.05, 0) is 71.6 Å². The average Bonchev–Trinajstić information content (AvgIpc) is 2.79. The number of rotatable bonds is 13. The van der Waals surface area contributed by atoms with Crippen LogP contribution in [-0.4, -0.2) is 36.4 Å². The van der Waals surface area contributed by atoms with Crippen LogP contribution in [0.25, 0.3) is 0 Å². The van der Waals surface area contributed by atoms with Crippen molar-refractivity contribution in [2.75, 3.05) is 25.0 Å². The van der Waals surface area contributed by atoms with Gasteiger partial charge in [-0.2, -0.15) is 0 Å². The fraction of sp³-hybridized carbons (Fsp3) is 0.462. The van der Waals surface area contributed by atoms with Crippen LogP contribution in [0.2, 0.25) is 0 Å². The molecule has 0 heterocycles. The van der Waals surface area contributed by atoms with Gasteiger partial charge in [-0.15, -0.1) is 0 Å². The van der Waals surface area contributed by atoms with E-state index in [1.54, 1.807) is 36.4 Å². The molecule has 0 fully saturated rings. The second-order valence-corrected chi connectivity index (χ2v) is 8.74. The van der Waals surface area contributed by atoms with E-state index in [2.05, 4.69) is 42.0 Å². The minimum Gasteiger partial charge on any atom is -0.492 e. The molecular weight excluding hydrogens is 468 g/mol. The molecular formula is C26H35BrN2O3. The van der Waals surface area contributed by atoms with E-state index < -0.39 is 0 Å². The third-order valence-electron chi connectivity index (χ3n) is 5.09. The summed E-state index contributed by atoms with van der Waals surface area (Å²) >= 11 is 3.50. The molecule has 2 amide bonds. The van der Waals surface area contributed by atoms with Gasteiger partial charge in [-0.3, -0.25) is 9.59 Å². The Balaban J connectivity index is 2.02. The van der Waals surface area contributed by atoms with Crippen molar-refractivity contribution in [1.29, 1.82) is 0 Å². The number of unbranched alkanes of at least 4 members (excludes halogenated alkanes) is 3. The monoisotopic (exact) mass is 502 g/mol. The first-order valence-corrected chi connectivity index (χ1v) is 12.4. The first-order valence-electron chi connectivity index (χ1n) is 11.6. The lowest BCUT2D eigenvalue weighted by Gasteiger charge is -2.21. The fourth-order valence-corrected chi connectivity index (χ4v) is 3.93. The van der Waals surface area contributed by atoms with Crippen molar-refractivity contribution in [3.63, 3.8) is 0 Å². The van der Waals surface area contributed by atoms with Crippen molar-refractivity contribution >= 4 is 33.4 Å². The van der Waals surface area contributed by atoms with E-state index in [9.17, 15) is 9.59 Å². The fourth-order valence-electron chi connectivity index (χ4n) is 3.44. The average molecular weight is 503 g/mol. The molecule has 0 radical (unpaired) electrons. The molecule has 0 aliphatic rings. The Morgan fingerprint density at radius 2 is 1.66 bits per heavy atom. The van der Waals surface area contributed by atoms with Gasteiger partial charge in [0.1, 0.15) is 5.75 Å². The third-order valence-corrected chi connectivity index (χ3v) is 5.71. The lowest BCUT2D eigenvalue weighted by Crippen LogP contribution is -2.32. The molecule has 0 saturated carbocycles. The molecule has 0 spiro atoms. The third kappa shape index (κ3) is 7.97. The Morgan fingerprint density at radius 3 is 2.31 bits per heavy atom. The zero-order valence-corrected chi connectivity index (χ0v) is 21.0. The van der Waals surface area contributed by atoms with Crippen molar-refractivity contribution in [1.82, 2.24) is 4.90 Å². The number of nitrogens with zero attached hydrogens (tertiary/aromatic N) is 1. The number of amides is 2. The van der Waals surface area contributed by atoms with E-state index >= 15 is 0 Å². The zero-order valence-electron chi connectivity index (χ0n) is 19.5. The topological polar surface area (TPSA) is 58.6 Å². The smallest absolute Gasteiger partial charge is 0.255 e. The largest absolute Gasteiger partial charge is 0.492 e. The van der Waals surface area contributed by atoms with Crippen LogP contribution < -0.4 is 10.1 Å². The Labute approximate surface area is 200 Å². The van der Waals surface area contributed by atoms with E-state index in [-0.39, 0.29) is 11.8 Å². The Kier molecular flexibility index (Phi) is 11.3. The summed E-state index contributed by atoms with van der Waals surface area (Å²) in [4.78, 5) is 27.5. The number of halogens is 1. The molecule has 2 aromatic carbocycles. The highest BCUT2D eigenvalue weighted by Gasteiger charge is 2.16. The first kappa shape index (κ1) is 25.9. The number of hydrogen-bond acceptors (Lipinski definition) is 3. The molecule has 6 heteroatoms. The van der Waals surface area contributed by atoms with Gasteiger partial charge in [0.15, 0.2) is 0 Å². The zero-order chi connectivity index (χ0) is 23.3. The van der Waals surface area contributed by atoms with Crippen LogP contribution in [0.4, 0.5) is 5.69 Å². The summed E-state index contributed by atoms with van der Waals surface area (Å²) in [6.45, 7) is 8.43. The van der Waals surface area contributed by atoms with Crippen molar-refractivity contribution in [3.05, 3.63) is 58.1 Å². The van der Waals surface area contributed by atoms with E-state index in [0.29, 0.717) is 23.4 Å². The van der Waals surface area contributed by atoms with Gasteiger partial charge >= 0.3 is 0 Å². The molecule has 0 saturated heterocycles. The number of carbonyl (C=O) groups is 2. The van der Waals surface area contributed by atoms with Crippen molar-refractivity contribution in [2.24, 2.45) is 0 Å². The molecule has 32 heavy (non-hydrogen) atoms. The molecule has 5 nitrogen and oxygen atoms in total. The molecule has 0 aliphatic heterocycles. The highest BCUT2D eigenvalue weighted by atomic mass is 79.9. The van der Waals surface area contributed by atoms with Gasteiger partial charge in [-0.1, -0.05) is 46.1 Å². The maximum atomic E-state index is 12.9. The van der Waals surface area contributed by atoms with Gasteiger partial charge < -0.3 is 15.0 Å². The van der Waals surface area contributed by atoms with Crippen molar-refractivity contribution in [3.8, 4) is 5.75 Å². The van der Waals surface area contributed by atoms with Crippen molar-refractivity contribution in [2.45, 2.75) is 59.3 Å². The van der Waals surface area contributed by atoms with Crippen LogP contribution in [0.1, 0.15) is 80.0 Å². The van der Waals surface area contributed by atoms with Crippen LogP contribution in [0.5, 0.6) is 5.75 Å². The number of carbonyl (C=O) groups excluding carboxylic acids is 2. The highest BCUT2D eigenvalue weighted by molar-refractivity contribution is 9.10. The lowest BCUT2D eigenvalue weighted by molar-refractivity contribution is 0.0755. The summed E-state index contributed by atoms with van der Waals surface area (Å²) in [5.41, 5.74) is 1.70. The normalized spacial score (nSPS) is 10.6. The number of ether oxygens (including phenoxy) is 1. The Bertz CT molecular complexity index is 879. The molecule has 1 N–H and O–H groups in total. The van der Waals surface area contributed by atoms with Gasteiger partial charge in [0.2, 0.25) is 0 Å². The van der Waals surface area contributed by atoms with Crippen LogP contribution in [0.3, 0.4) is 0 Å². The summed E-state index contributed by atoms with van der Waals surface area (Å²) in [5.74, 6) is 0.495. The van der Waals surface area contributed by atoms with E-state index in [1.807, 2.05) is 11.0 Å². The molecule has 2 aromatic rings. The molecule has 0 aromatic heterocycles. The summed E-state index contributed by atoms with van der Waals surface area (Å²) in [6.07, 6.45) is 6.41. The van der Waals surface area contributed by atoms with Crippen molar-refractivity contribution < 1.29 is 14.3 Å². The molecule has 0 atom stereocenters. The van der Waals surface area contributed by atoms with Gasteiger partial charge in [0.25, 0.3) is 11.8 Å². The van der Waals surface area contributed by atoms with Crippen LogP contribution in [-0.2, 0) is 0 Å². The lowest BCUT2D eigenvalue weighted by atomic mass is 10.1. The molecule has 0 aliphatic carbocycles. The van der Waals surface area contributed by atoms with Gasteiger partial charge in [0.05, 0.1) is 11.1 Å². The van der Waals surface area contributed by atoms with Crippen LogP contribution >= 0.6 is 15.9 Å².